The zero-order chi connectivity index (χ0) is 48.1. The molecule has 12 aromatic rings. The first-order valence-electron chi connectivity index (χ1n) is 24.7. The van der Waals surface area contributed by atoms with Gasteiger partial charge in [-0.15, -0.1) is 0 Å². The number of hydrogen-bond donors (Lipinski definition) is 0. The summed E-state index contributed by atoms with van der Waals surface area (Å²) in [5.74, 6) is 0. The van der Waals surface area contributed by atoms with E-state index in [1.54, 1.807) is 0 Å². The van der Waals surface area contributed by atoms with Gasteiger partial charge in [-0.05, 0) is 161 Å². The molecule has 0 bridgehead atoms. The highest BCUT2D eigenvalue weighted by Crippen LogP contribution is 2.39. The van der Waals surface area contributed by atoms with Crippen LogP contribution in [-0.2, 0) is 0 Å². The predicted molar refractivity (Wildman–Crippen MR) is 304 cm³/mol. The van der Waals surface area contributed by atoms with E-state index in [4.69, 9.17) is 4.98 Å². The molecule has 0 aliphatic carbocycles. The lowest BCUT2D eigenvalue weighted by Gasteiger charge is -2.15. The summed E-state index contributed by atoms with van der Waals surface area (Å²) in [5, 5.41) is 0. The zero-order valence-electron chi connectivity index (χ0n) is 39.7. The van der Waals surface area contributed by atoms with E-state index >= 15 is 0 Å². The topological polar surface area (TPSA) is 12.9 Å². The molecule has 0 radical (unpaired) electrons. The number of pyridine rings is 1. The summed E-state index contributed by atoms with van der Waals surface area (Å²) in [6.07, 6.45) is 0. The van der Waals surface area contributed by atoms with Crippen LogP contribution in [0.2, 0.25) is 0 Å². The Labute approximate surface area is 422 Å². The highest BCUT2D eigenvalue weighted by Gasteiger charge is 2.15. The van der Waals surface area contributed by atoms with Gasteiger partial charge in [0, 0.05) is 11.1 Å². The van der Waals surface area contributed by atoms with Crippen molar-refractivity contribution < 1.29 is 0 Å². The normalized spacial score (nSPS) is 11.1. The molecule has 338 valence electrons. The van der Waals surface area contributed by atoms with Crippen molar-refractivity contribution in [3.8, 4) is 123 Å². The largest absolute Gasteiger partial charge is 0.248 e. The highest BCUT2D eigenvalue weighted by molar-refractivity contribution is 5.87. The number of benzene rings is 11. The molecule has 0 saturated carbocycles. The Balaban J connectivity index is 0.936. The molecule has 0 fully saturated rings. The molecular formula is C71H49N. The number of aromatic nitrogens is 1. The summed E-state index contributed by atoms with van der Waals surface area (Å²) in [6.45, 7) is 0. The van der Waals surface area contributed by atoms with Crippen LogP contribution < -0.4 is 0 Å². The zero-order valence-corrected chi connectivity index (χ0v) is 39.7. The molecular weight excluding hydrogens is 867 g/mol. The molecule has 12 rings (SSSR count). The molecule has 0 atom stereocenters. The molecule has 0 aliphatic rings. The second kappa shape index (κ2) is 19.9. The van der Waals surface area contributed by atoms with Gasteiger partial charge in [0.15, 0.2) is 0 Å². The van der Waals surface area contributed by atoms with Crippen LogP contribution in [0.15, 0.2) is 297 Å². The van der Waals surface area contributed by atoms with Crippen molar-refractivity contribution in [2.45, 2.75) is 0 Å². The molecule has 0 N–H and O–H groups in total. The molecule has 1 nitrogen and oxygen atoms in total. The lowest BCUT2D eigenvalue weighted by atomic mass is 9.91. The van der Waals surface area contributed by atoms with Crippen molar-refractivity contribution >= 4 is 0 Å². The van der Waals surface area contributed by atoms with Crippen LogP contribution in [0.5, 0.6) is 0 Å². The van der Waals surface area contributed by atoms with Crippen molar-refractivity contribution in [3.05, 3.63) is 297 Å². The quantitative estimate of drug-likeness (QED) is 0.126. The maximum absolute atomic E-state index is 5.39. The SMILES string of the molecule is c1ccc(-c2ccc(-c3cc(-c4ccccc4)cc(-c4cccc(-c5cc(-c6ccccc6)nc(-c6cccc(-c7cc(-c8ccccc8)cc(-c8ccc(-c9ccccc9)cc8)c7)c6)c5)c4)c3)cc2)cc1. The summed E-state index contributed by atoms with van der Waals surface area (Å²) < 4.78 is 0. The Morgan fingerprint density at radius 1 is 0.125 bits per heavy atom. The average Bonchev–Trinajstić information content (AvgIpc) is 3.48. The van der Waals surface area contributed by atoms with Crippen LogP contribution in [0.1, 0.15) is 0 Å². The Bertz CT molecular complexity index is 3560. The van der Waals surface area contributed by atoms with Crippen molar-refractivity contribution in [1.82, 2.24) is 4.98 Å². The second-order valence-corrected chi connectivity index (χ2v) is 18.4. The second-order valence-electron chi connectivity index (χ2n) is 18.4. The molecule has 0 amide bonds. The lowest BCUT2D eigenvalue weighted by Crippen LogP contribution is -1.92. The van der Waals surface area contributed by atoms with Gasteiger partial charge >= 0.3 is 0 Å². The molecule has 0 spiro atoms. The van der Waals surface area contributed by atoms with E-state index < -0.39 is 0 Å². The van der Waals surface area contributed by atoms with Gasteiger partial charge < -0.3 is 0 Å². The third kappa shape index (κ3) is 9.48. The van der Waals surface area contributed by atoms with Crippen LogP contribution in [-0.4, -0.2) is 4.98 Å². The fraction of sp³-hybridized carbons (Fsp3) is 0. The lowest BCUT2D eigenvalue weighted by molar-refractivity contribution is 1.32. The predicted octanol–water partition coefficient (Wildman–Crippen LogP) is 19.4. The monoisotopic (exact) mass is 915 g/mol. The van der Waals surface area contributed by atoms with Crippen molar-refractivity contribution in [2.24, 2.45) is 0 Å². The van der Waals surface area contributed by atoms with E-state index in [1.807, 2.05) is 0 Å². The molecule has 0 saturated heterocycles. The average molecular weight is 916 g/mol. The van der Waals surface area contributed by atoms with E-state index in [2.05, 4.69) is 297 Å². The van der Waals surface area contributed by atoms with Crippen LogP contribution in [0.4, 0.5) is 0 Å². The molecule has 11 aromatic carbocycles. The van der Waals surface area contributed by atoms with Gasteiger partial charge in [-0.2, -0.15) is 0 Å². The summed E-state index contributed by atoms with van der Waals surface area (Å²) in [5.41, 5.74) is 25.1. The van der Waals surface area contributed by atoms with E-state index in [0.29, 0.717) is 0 Å². The van der Waals surface area contributed by atoms with Gasteiger partial charge in [-0.25, -0.2) is 4.98 Å². The standard InChI is InChI=1S/C71H49N/c1-6-18-50(19-7-1)54-32-36-56(37-33-54)65-42-63(52-22-10-3-11-23-52)44-67(46-65)59-28-16-29-60(40-59)69-48-70(58-26-14-5-15-27-58)72-71(49-69)62-31-17-30-61(41-62)68-45-64(53-24-12-4-13-25-53)43-66(47-68)57-38-34-55(35-39-57)51-20-8-2-9-21-51/h1-49H. The van der Waals surface area contributed by atoms with Gasteiger partial charge in [0.1, 0.15) is 0 Å². The first-order chi connectivity index (χ1) is 35.6. The van der Waals surface area contributed by atoms with Crippen molar-refractivity contribution in [3.63, 3.8) is 0 Å². The summed E-state index contributed by atoms with van der Waals surface area (Å²) in [7, 11) is 0. The Hall–Kier alpha value is -9.43. The Morgan fingerprint density at radius 2 is 0.319 bits per heavy atom. The molecule has 1 heteroatoms. The number of hydrogen-bond acceptors (Lipinski definition) is 1. The number of rotatable bonds is 11. The molecule has 0 aliphatic heterocycles. The molecule has 0 unspecified atom stereocenters. The maximum atomic E-state index is 5.39. The molecule has 1 aromatic heterocycles. The highest BCUT2D eigenvalue weighted by atomic mass is 14.7. The van der Waals surface area contributed by atoms with E-state index in [9.17, 15) is 0 Å². The van der Waals surface area contributed by atoms with E-state index in [0.717, 1.165) is 55.9 Å². The Kier molecular flexibility index (Phi) is 12.1. The van der Waals surface area contributed by atoms with Gasteiger partial charge in [0.25, 0.3) is 0 Å². The first kappa shape index (κ1) is 43.8. The number of nitrogens with zero attached hydrogens (tertiary/aromatic N) is 1. The minimum atomic E-state index is 0.918. The third-order valence-corrected chi connectivity index (χ3v) is 13.6. The van der Waals surface area contributed by atoms with Crippen LogP contribution in [0.3, 0.4) is 0 Å². The third-order valence-electron chi connectivity index (χ3n) is 13.6. The summed E-state index contributed by atoms with van der Waals surface area (Å²) in [6, 6.07) is 107. The summed E-state index contributed by atoms with van der Waals surface area (Å²) in [4.78, 5) is 5.39. The minimum absolute atomic E-state index is 0.918. The molecule has 72 heavy (non-hydrogen) atoms. The van der Waals surface area contributed by atoms with Crippen LogP contribution in [0.25, 0.3) is 123 Å². The van der Waals surface area contributed by atoms with Gasteiger partial charge in [0.2, 0.25) is 0 Å². The fourth-order valence-electron chi connectivity index (χ4n) is 9.83. The molecule has 1 heterocycles. The van der Waals surface area contributed by atoms with Crippen LogP contribution >= 0.6 is 0 Å². The fourth-order valence-corrected chi connectivity index (χ4v) is 9.83. The minimum Gasteiger partial charge on any atom is -0.248 e. The van der Waals surface area contributed by atoms with Crippen LogP contribution in [0, 0.1) is 0 Å². The van der Waals surface area contributed by atoms with Gasteiger partial charge in [0.05, 0.1) is 11.4 Å². The summed E-state index contributed by atoms with van der Waals surface area (Å²) >= 11 is 0. The van der Waals surface area contributed by atoms with Crippen molar-refractivity contribution in [2.75, 3.05) is 0 Å². The first-order valence-corrected chi connectivity index (χ1v) is 24.7. The Morgan fingerprint density at radius 3 is 0.667 bits per heavy atom. The van der Waals surface area contributed by atoms with E-state index in [-0.39, 0.29) is 0 Å². The van der Waals surface area contributed by atoms with Gasteiger partial charge in [-0.1, -0.05) is 237 Å². The van der Waals surface area contributed by atoms with Gasteiger partial charge in [-0.3, -0.25) is 0 Å². The van der Waals surface area contributed by atoms with Crippen molar-refractivity contribution in [1.29, 1.82) is 0 Å². The van der Waals surface area contributed by atoms with E-state index in [1.165, 1.54) is 66.8 Å². The smallest absolute Gasteiger partial charge is 0.0715 e. The maximum Gasteiger partial charge on any atom is 0.0715 e.